The van der Waals surface area contributed by atoms with Gasteiger partial charge in [0.25, 0.3) is 0 Å². The first kappa shape index (κ1) is 20.9. The molecule has 0 spiro atoms. The average Bonchev–Trinajstić information content (AvgIpc) is 2.72. The Morgan fingerprint density at radius 3 is 2.35 bits per heavy atom. The number of hydrogen-bond acceptors (Lipinski definition) is 7. The fraction of sp³-hybridized carbons (Fsp3) is 0.273. The van der Waals surface area contributed by atoms with E-state index in [-0.39, 0.29) is 38.8 Å². The summed E-state index contributed by atoms with van der Waals surface area (Å²) < 4.78 is 22.5. The lowest BCUT2D eigenvalue weighted by atomic mass is 9.80. The summed E-state index contributed by atoms with van der Waals surface area (Å²) in [6, 6.07) is 6.92. The van der Waals surface area contributed by atoms with Crippen molar-refractivity contribution < 1.29 is 33.6 Å². The Bertz CT molecular complexity index is 1240. The molecule has 0 amide bonds. The van der Waals surface area contributed by atoms with Gasteiger partial charge in [-0.15, -0.1) is 0 Å². The lowest BCUT2D eigenvalue weighted by Gasteiger charge is -2.38. The Balaban J connectivity index is 1.96. The van der Waals surface area contributed by atoms with Crippen LogP contribution in [0.4, 0.5) is 0 Å². The molecule has 4 rings (SSSR count). The van der Waals surface area contributed by atoms with Crippen LogP contribution in [0.5, 0.6) is 23.0 Å². The van der Waals surface area contributed by atoms with E-state index in [0.717, 1.165) is 6.42 Å². The number of ether oxygens (including phenoxy) is 3. The third-order valence-electron chi connectivity index (χ3n) is 5.42. The standard InChI is InChI=1S/C22H19ClO8/c1-28-17-8-11(15-9-14(25)19-13(24)5-4-12(23)20(19)30-15)16(10-18(17)29-2)31-22(21(26)27)6-3-7-22/h4-5,8-10,24H,3,6-7H2,1-2H3,(H,26,27). The highest BCUT2D eigenvalue weighted by atomic mass is 35.5. The summed E-state index contributed by atoms with van der Waals surface area (Å²) in [6.45, 7) is 0. The number of phenols is 1. The molecule has 0 unspecified atom stereocenters. The molecule has 162 valence electrons. The lowest BCUT2D eigenvalue weighted by Crippen LogP contribution is -2.50. The summed E-state index contributed by atoms with van der Waals surface area (Å²) in [5.74, 6) is -0.470. The Hall–Kier alpha value is -3.39. The van der Waals surface area contributed by atoms with Crippen LogP contribution in [0, 0.1) is 0 Å². The first-order valence-corrected chi connectivity index (χ1v) is 9.81. The number of benzene rings is 2. The predicted octanol–water partition coefficient (Wildman–Crippen LogP) is 4.22. The van der Waals surface area contributed by atoms with Gasteiger partial charge in [0.2, 0.25) is 5.60 Å². The van der Waals surface area contributed by atoms with E-state index in [9.17, 15) is 19.8 Å². The smallest absolute Gasteiger partial charge is 0.348 e. The van der Waals surface area contributed by atoms with Crippen LogP contribution >= 0.6 is 11.6 Å². The molecule has 31 heavy (non-hydrogen) atoms. The van der Waals surface area contributed by atoms with Crippen LogP contribution in [0.25, 0.3) is 22.3 Å². The van der Waals surface area contributed by atoms with Crippen molar-refractivity contribution in [1.29, 1.82) is 0 Å². The zero-order chi connectivity index (χ0) is 22.3. The number of carbonyl (C=O) groups is 1. The van der Waals surface area contributed by atoms with E-state index in [2.05, 4.69) is 0 Å². The molecule has 1 saturated carbocycles. The van der Waals surface area contributed by atoms with Gasteiger partial charge in [-0.25, -0.2) is 4.79 Å². The summed E-state index contributed by atoms with van der Waals surface area (Å²) >= 11 is 6.19. The average molecular weight is 447 g/mol. The zero-order valence-corrected chi connectivity index (χ0v) is 17.5. The first-order valence-electron chi connectivity index (χ1n) is 9.44. The van der Waals surface area contributed by atoms with E-state index >= 15 is 0 Å². The molecule has 1 fully saturated rings. The summed E-state index contributed by atoms with van der Waals surface area (Å²) in [4.78, 5) is 24.6. The number of carboxylic acids is 1. The molecule has 0 bridgehead atoms. The van der Waals surface area contributed by atoms with E-state index in [1.165, 1.54) is 44.6 Å². The van der Waals surface area contributed by atoms with Crippen LogP contribution in [0.3, 0.4) is 0 Å². The Morgan fingerprint density at radius 2 is 1.77 bits per heavy atom. The lowest BCUT2D eigenvalue weighted by molar-refractivity contribution is -0.163. The van der Waals surface area contributed by atoms with Gasteiger partial charge in [-0.2, -0.15) is 0 Å². The molecule has 2 N–H and O–H groups in total. The Morgan fingerprint density at radius 1 is 1.10 bits per heavy atom. The molecule has 0 atom stereocenters. The van der Waals surface area contributed by atoms with Crippen molar-refractivity contribution in [2.24, 2.45) is 0 Å². The second-order valence-electron chi connectivity index (χ2n) is 7.20. The zero-order valence-electron chi connectivity index (χ0n) is 16.7. The summed E-state index contributed by atoms with van der Waals surface area (Å²) in [7, 11) is 2.88. The first-order chi connectivity index (χ1) is 14.8. The maximum atomic E-state index is 12.7. The van der Waals surface area contributed by atoms with Gasteiger partial charge in [0.1, 0.15) is 22.6 Å². The number of hydrogen-bond donors (Lipinski definition) is 2. The van der Waals surface area contributed by atoms with Gasteiger partial charge >= 0.3 is 5.97 Å². The molecular formula is C22H19ClO8. The Labute approximate surface area is 181 Å². The van der Waals surface area contributed by atoms with E-state index in [0.29, 0.717) is 24.3 Å². The number of carboxylic acid groups (broad SMARTS) is 1. The van der Waals surface area contributed by atoms with Crippen LogP contribution in [0.2, 0.25) is 5.02 Å². The predicted molar refractivity (Wildman–Crippen MR) is 113 cm³/mol. The van der Waals surface area contributed by atoms with Crippen molar-refractivity contribution in [3.63, 3.8) is 0 Å². The van der Waals surface area contributed by atoms with Crippen molar-refractivity contribution in [3.05, 3.63) is 45.6 Å². The molecule has 9 heteroatoms. The van der Waals surface area contributed by atoms with Crippen molar-refractivity contribution >= 4 is 28.5 Å². The molecule has 1 aliphatic rings. The molecule has 1 aliphatic carbocycles. The molecule has 8 nitrogen and oxygen atoms in total. The maximum absolute atomic E-state index is 12.7. The van der Waals surface area contributed by atoms with Gasteiger partial charge < -0.3 is 28.8 Å². The molecule has 0 radical (unpaired) electrons. The fourth-order valence-corrected chi connectivity index (χ4v) is 3.75. The highest BCUT2D eigenvalue weighted by Gasteiger charge is 2.47. The van der Waals surface area contributed by atoms with E-state index in [1.807, 2.05) is 0 Å². The van der Waals surface area contributed by atoms with Crippen LogP contribution in [-0.2, 0) is 4.79 Å². The molecule has 1 aromatic heterocycles. The molecule has 2 aromatic carbocycles. The maximum Gasteiger partial charge on any atom is 0.348 e. The Kier molecular flexibility index (Phi) is 5.18. The molecular weight excluding hydrogens is 428 g/mol. The van der Waals surface area contributed by atoms with E-state index in [1.54, 1.807) is 0 Å². The van der Waals surface area contributed by atoms with Crippen molar-refractivity contribution in [2.75, 3.05) is 14.2 Å². The minimum absolute atomic E-state index is 0.00138. The summed E-state index contributed by atoms with van der Waals surface area (Å²) in [6.07, 6.45) is 1.41. The minimum atomic E-state index is -1.37. The van der Waals surface area contributed by atoms with Gasteiger partial charge in [0, 0.05) is 12.1 Å². The van der Waals surface area contributed by atoms with E-state index < -0.39 is 17.0 Å². The number of methoxy groups -OCH3 is 2. The minimum Gasteiger partial charge on any atom is -0.507 e. The summed E-state index contributed by atoms with van der Waals surface area (Å²) in [5.41, 5.74) is -1.61. The summed E-state index contributed by atoms with van der Waals surface area (Å²) in [5, 5.41) is 19.8. The third-order valence-corrected chi connectivity index (χ3v) is 5.71. The van der Waals surface area contributed by atoms with Gasteiger partial charge in [-0.05, 0) is 37.5 Å². The largest absolute Gasteiger partial charge is 0.507 e. The number of fused-ring (bicyclic) bond motifs is 1. The number of halogens is 1. The van der Waals surface area contributed by atoms with Gasteiger partial charge in [0.15, 0.2) is 22.5 Å². The van der Waals surface area contributed by atoms with Crippen molar-refractivity contribution in [2.45, 2.75) is 24.9 Å². The van der Waals surface area contributed by atoms with Crippen LogP contribution in [-0.4, -0.2) is 36.0 Å². The van der Waals surface area contributed by atoms with Crippen molar-refractivity contribution in [1.82, 2.24) is 0 Å². The SMILES string of the molecule is COc1cc(OC2(C(=O)O)CCC2)c(-c2cc(=O)c3c(O)ccc(Cl)c3o2)cc1OC. The molecule has 0 saturated heterocycles. The monoisotopic (exact) mass is 446 g/mol. The highest BCUT2D eigenvalue weighted by Crippen LogP contribution is 2.45. The van der Waals surface area contributed by atoms with Crippen LogP contribution in [0.1, 0.15) is 19.3 Å². The van der Waals surface area contributed by atoms with Crippen LogP contribution < -0.4 is 19.6 Å². The topological polar surface area (TPSA) is 115 Å². The normalized spacial score (nSPS) is 14.7. The fourth-order valence-electron chi connectivity index (χ4n) is 3.55. The van der Waals surface area contributed by atoms with Crippen LogP contribution in [0.15, 0.2) is 39.5 Å². The molecule has 3 aromatic rings. The quantitative estimate of drug-likeness (QED) is 0.578. The number of aliphatic carboxylic acids is 1. The molecule has 0 aliphatic heterocycles. The van der Waals surface area contributed by atoms with E-state index in [4.69, 9.17) is 30.2 Å². The van der Waals surface area contributed by atoms with Gasteiger partial charge in [-0.3, -0.25) is 4.79 Å². The van der Waals surface area contributed by atoms with Gasteiger partial charge in [0.05, 0.1) is 24.8 Å². The second kappa shape index (κ2) is 7.70. The molecule has 1 heterocycles. The second-order valence-corrected chi connectivity index (χ2v) is 7.61. The third kappa shape index (κ3) is 3.42. The van der Waals surface area contributed by atoms with Gasteiger partial charge in [-0.1, -0.05) is 11.6 Å². The highest BCUT2D eigenvalue weighted by molar-refractivity contribution is 6.35. The van der Waals surface area contributed by atoms with Crippen molar-refractivity contribution in [3.8, 4) is 34.3 Å². The number of rotatable bonds is 6. The number of aromatic hydroxyl groups is 1. The number of phenolic OH excluding ortho intramolecular Hbond substituents is 1.